The summed E-state index contributed by atoms with van der Waals surface area (Å²) < 4.78 is 13.3. The SMILES string of the molecule is O=C1NCC[C@@H]1Nc1cc(Cl)ccc1F. The molecule has 1 aromatic rings. The second kappa shape index (κ2) is 4.06. The van der Waals surface area contributed by atoms with Crippen LogP contribution in [0.4, 0.5) is 10.1 Å². The van der Waals surface area contributed by atoms with Gasteiger partial charge in [-0.2, -0.15) is 0 Å². The Labute approximate surface area is 91.6 Å². The molecule has 0 aromatic heterocycles. The lowest BCUT2D eigenvalue weighted by Crippen LogP contribution is -2.29. The van der Waals surface area contributed by atoms with Crippen LogP contribution in [0.3, 0.4) is 0 Å². The lowest BCUT2D eigenvalue weighted by molar-refractivity contribution is -0.119. The molecular formula is C10H10ClFN2O. The maximum Gasteiger partial charge on any atom is 0.242 e. The summed E-state index contributed by atoms with van der Waals surface area (Å²) in [6, 6.07) is 3.86. The van der Waals surface area contributed by atoms with Gasteiger partial charge in [0.25, 0.3) is 0 Å². The smallest absolute Gasteiger partial charge is 0.242 e. The van der Waals surface area contributed by atoms with Gasteiger partial charge in [0.05, 0.1) is 5.69 Å². The first kappa shape index (κ1) is 10.2. The molecule has 0 saturated carbocycles. The van der Waals surface area contributed by atoms with E-state index in [1.807, 2.05) is 0 Å². The van der Waals surface area contributed by atoms with E-state index in [2.05, 4.69) is 10.6 Å². The van der Waals surface area contributed by atoms with Gasteiger partial charge in [-0.25, -0.2) is 4.39 Å². The Morgan fingerprint density at radius 2 is 2.33 bits per heavy atom. The lowest BCUT2D eigenvalue weighted by Gasteiger charge is -2.12. The molecule has 15 heavy (non-hydrogen) atoms. The van der Waals surface area contributed by atoms with E-state index in [0.29, 0.717) is 18.0 Å². The fraction of sp³-hybridized carbons (Fsp3) is 0.300. The van der Waals surface area contributed by atoms with Gasteiger partial charge in [0.15, 0.2) is 0 Å². The molecule has 1 aliphatic heterocycles. The van der Waals surface area contributed by atoms with Crippen molar-refractivity contribution in [3.8, 4) is 0 Å². The second-order valence-corrected chi connectivity index (χ2v) is 3.84. The number of hydrogen-bond donors (Lipinski definition) is 2. The first-order valence-corrected chi connectivity index (χ1v) is 5.04. The highest BCUT2D eigenvalue weighted by Gasteiger charge is 2.24. The van der Waals surface area contributed by atoms with Crippen LogP contribution in [0, 0.1) is 5.82 Å². The largest absolute Gasteiger partial charge is 0.371 e. The minimum atomic E-state index is -0.404. The van der Waals surface area contributed by atoms with Crippen LogP contribution < -0.4 is 10.6 Å². The third-order valence-corrected chi connectivity index (χ3v) is 2.54. The minimum Gasteiger partial charge on any atom is -0.371 e. The number of benzene rings is 1. The maximum absolute atomic E-state index is 13.3. The third-order valence-electron chi connectivity index (χ3n) is 2.31. The summed E-state index contributed by atoms with van der Waals surface area (Å²) >= 11 is 5.73. The average Bonchev–Trinajstić information content (AvgIpc) is 2.58. The van der Waals surface area contributed by atoms with Crippen molar-refractivity contribution in [1.29, 1.82) is 0 Å². The number of carbonyl (C=O) groups is 1. The molecule has 1 aliphatic rings. The van der Waals surface area contributed by atoms with Gasteiger partial charge in [0, 0.05) is 11.6 Å². The number of rotatable bonds is 2. The van der Waals surface area contributed by atoms with Crippen LogP contribution in [0.15, 0.2) is 18.2 Å². The summed E-state index contributed by atoms with van der Waals surface area (Å²) in [5, 5.41) is 5.94. The Balaban J connectivity index is 2.16. The number of hydrogen-bond acceptors (Lipinski definition) is 2. The Morgan fingerprint density at radius 1 is 1.53 bits per heavy atom. The van der Waals surface area contributed by atoms with Crippen LogP contribution >= 0.6 is 11.6 Å². The van der Waals surface area contributed by atoms with Gasteiger partial charge in [0.1, 0.15) is 11.9 Å². The molecular weight excluding hydrogens is 219 g/mol. The van der Waals surface area contributed by atoms with Gasteiger partial charge in [-0.3, -0.25) is 4.79 Å². The van der Waals surface area contributed by atoms with Crippen molar-refractivity contribution in [1.82, 2.24) is 5.32 Å². The number of halogens is 2. The molecule has 0 spiro atoms. The molecule has 2 rings (SSSR count). The Kier molecular flexibility index (Phi) is 2.77. The minimum absolute atomic E-state index is 0.102. The highest BCUT2D eigenvalue weighted by atomic mass is 35.5. The van der Waals surface area contributed by atoms with E-state index in [4.69, 9.17) is 11.6 Å². The molecule has 3 nitrogen and oxygen atoms in total. The van der Waals surface area contributed by atoms with Gasteiger partial charge in [0.2, 0.25) is 5.91 Å². The van der Waals surface area contributed by atoms with Crippen molar-refractivity contribution < 1.29 is 9.18 Å². The van der Waals surface area contributed by atoms with E-state index in [1.54, 1.807) is 0 Å². The molecule has 0 unspecified atom stereocenters. The van der Waals surface area contributed by atoms with Gasteiger partial charge in [-0.05, 0) is 24.6 Å². The summed E-state index contributed by atoms with van der Waals surface area (Å²) in [5.41, 5.74) is 0.268. The van der Waals surface area contributed by atoms with Crippen LogP contribution in [0.2, 0.25) is 5.02 Å². The highest BCUT2D eigenvalue weighted by Crippen LogP contribution is 2.21. The zero-order valence-corrected chi connectivity index (χ0v) is 8.64. The van der Waals surface area contributed by atoms with Crippen LogP contribution in [-0.2, 0) is 4.79 Å². The molecule has 80 valence electrons. The van der Waals surface area contributed by atoms with Crippen LogP contribution in [0.1, 0.15) is 6.42 Å². The maximum atomic E-state index is 13.3. The Hall–Kier alpha value is -1.29. The summed E-state index contributed by atoms with van der Waals surface area (Å²) in [4.78, 5) is 11.2. The Morgan fingerprint density at radius 3 is 3.00 bits per heavy atom. The predicted octanol–water partition coefficient (Wildman–Crippen LogP) is 1.78. The zero-order valence-electron chi connectivity index (χ0n) is 7.89. The third kappa shape index (κ3) is 2.21. The van der Waals surface area contributed by atoms with Gasteiger partial charge < -0.3 is 10.6 Å². The number of amides is 1. The first-order valence-electron chi connectivity index (χ1n) is 4.66. The number of nitrogens with one attached hydrogen (secondary N) is 2. The predicted molar refractivity (Wildman–Crippen MR) is 56.4 cm³/mol. The van der Waals surface area contributed by atoms with Crippen LogP contribution in [0.5, 0.6) is 0 Å². The molecule has 2 N–H and O–H groups in total. The first-order chi connectivity index (χ1) is 7.16. The van der Waals surface area contributed by atoms with E-state index in [0.717, 1.165) is 0 Å². The molecule has 1 saturated heterocycles. The normalized spacial score (nSPS) is 20.1. The molecule has 1 fully saturated rings. The van der Waals surface area contributed by atoms with E-state index in [9.17, 15) is 9.18 Å². The van der Waals surface area contributed by atoms with Crippen molar-refractivity contribution in [3.63, 3.8) is 0 Å². The summed E-state index contributed by atoms with van der Waals surface area (Å²) in [5.74, 6) is -0.506. The fourth-order valence-corrected chi connectivity index (χ4v) is 1.70. The quantitative estimate of drug-likeness (QED) is 0.810. The monoisotopic (exact) mass is 228 g/mol. The Bertz CT molecular complexity index is 397. The van der Waals surface area contributed by atoms with Crippen LogP contribution in [-0.4, -0.2) is 18.5 Å². The molecule has 0 radical (unpaired) electrons. The molecule has 1 heterocycles. The average molecular weight is 229 g/mol. The van der Waals surface area contributed by atoms with Crippen molar-refractivity contribution >= 4 is 23.2 Å². The lowest BCUT2D eigenvalue weighted by atomic mass is 10.2. The number of carbonyl (C=O) groups excluding carboxylic acids is 1. The molecule has 0 bridgehead atoms. The van der Waals surface area contributed by atoms with Crippen molar-refractivity contribution in [2.24, 2.45) is 0 Å². The van der Waals surface area contributed by atoms with E-state index in [1.165, 1.54) is 18.2 Å². The number of anilines is 1. The van der Waals surface area contributed by atoms with Gasteiger partial charge in [-0.1, -0.05) is 11.6 Å². The van der Waals surface area contributed by atoms with E-state index in [-0.39, 0.29) is 17.6 Å². The standard InChI is InChI=1S/C10H10ClFN2O/c11-6-1-2-7(12)9(5-6)14-8-3-4-13-10(8)15/h1-2,5,8,14H,3-4H2,(H,13,15)/t8-/m0/s1. The van der Waals surface area contributed by atoms with Crippen molar-refractivity contribution in [3.05, 3.63) is 29.0 Å². The summed E-state index contributed by atoms with van der Waals surface area (Å²) in [7, 11) is 0. The summed E-state index contributed by atoms with van der Waals surface area (Å²) in [6.07, 6.45) is 0.658. The van der Waals surface area contributed by atoms with Crippen molar-refractivity contribution in [2.45, 2.75) is 12.5 Å². The molecule has 1 amide bonds. The summed E-state index contributed by atoms with van der Waals surface area (Å²) in [6.45, 7) is 0.624. The van der Waals surface area contributed by atoms with E-state index < -0.39 is 5.82 Å². The van der Waals surface area contributed by atoms with Gasteiger partial charge >= 0.3 is 0 Å². The van der Waals surface area contributed by atoms with E-state index >= 15 is 0 Å². The molecule has 0 aliphatic carbocycles. The second-order valence-electron chi connectivity index (χ2n) is 3.40. The van der Waals surface area contributed by atoms with Crippen molar-refractivity contribution in [2.75, 3.05) is 11.9 Å². The topological polar surface area (TPSA) is 41.1 Å². The molecule has 1 aromatic carbocycles. The molecule has 1 atom stereocenters. The fourth-order valence-electron chi connectivity index (χ4n) is 1.53. The highest BCUT2D eigenvalue weighted by molar-refractivity contribution is 6.30. The molecule has 5 heteroatoms. The van der Waals surface area contributed by atoms with Gasteiger partial charge in [-0.15, -0.1) is 0 Å². The zero-order chi connectivity index (χ0) is 10.8. The van der Waals surface area contributed by atoms with Crippen LogP contribution in [0.25, 0.3) is 0 Å².